The predicted octanol–water partition coefficient (Wildman–Crippen LogP) is 10.00. The summed E-state index contributed by atoms with van der Waals surface area (Å²) in [6.45, 7) is 0. The number of pyridine rings is 4. The lowest BCUT2D eigenvalue weighted by atomic mass is 9.93. The van der Waals surface area contributed by atoms with E-state index in [1.807, 2.05) is 115 Å². The Kier molecular flexibility index (Phi) is 9.30. The fourth-order valence-electron chi connectivity index (χ4n) is 6.87. The van der Waals surface area contributed by atoms with Gasteiger partial charge in [-0.15, -0.1) is 0 Å². The molecule has 10 aromatic rings. The van der Waals surface area contributed by atoms with Gasteiger partial charge >= 0.3 is 0 Å². The van der Waals surface area contributed by atoms with Gasteiger partial charge in [0.15, 0.2) is 34.9 Å². The first-order chi connectivity index (χ1) is 29.6. The number of hydrogen-bond donors (Lipinski definition) is 0. The monoisotopic (exact) mass is 771 g/mol. The minimum Gasteiger partial charge on any atom is -0.253 e. The van der Waals surface area contributed by atoms with Crippen LogP contribution in [0.4, 0.5) is 0 Å². The van der Waals surface area contributed by atoms with Crippen LogP contribution < -0.4 is 0 Å². The average Bonchev–Trinajstić information content (AvgIpc) is 3.34. The van der Waals surface area contributed by atoms with E-state index in [4.69, 9.17) is 29.9 Å². The van der Waals surface area contributed by atoms with Gasteiger partial charge in [-0.25, -0.2) is 29.9 Å². The molecule has 0 N–H and O–H groups in total. The van der Waals surface area contributed by atoms with Gasteiger partial charge < -0.3 is 0 Å². The van der Waals surface area contributed by atoms with Gasteiger partial charge in [0.2, 0.25) is 0 Å². The molecule has 11 heteroatoms. The molecule has 0 aliphatic carbocycles. The quantitative estimate of drug-likeness (QED) is 0.145. The second-order valence-electron chi connectivity index (χ2n) is 13.7. The van der Waals surface area contributed by atoms with Crippen molar-refractivity contribution in [3.8, 4) is 97.2 Å². The molecule has 60 heavy (non-hydrogen) atoms. The molecule has 0 fully saturated rings. The van der Waals surface area contributed by atoms with Crippen molar-refractivity contribution in [1.82, 2.24) is 49.8 Å². The molecule has 6 heterocycles. The number of fused-ring (bicyclic) bond motifs is 1. The van der Waals surface area contributed by atoms with Crippen LogP contribution in [0.5, 0.6) is 0 Å². The van der Waals surface area contributed by atoms with E-state index < -0.39 is 0 Å². The lowest BCUT2D eigenvalue weighted by Gasteiger charge is -2.11. The van der Waals surface area contributed by atoms with Crippen LogP contribution in [-0.4, -0.2) is 49.8 Å². The second-order valence-corrected chi connectivity index (χ2v) is 13.7. The van der Waals surface area contributed by atoms with E-state index in [-0.39, 0.29) is 0 Å². The van der Waals surface area contributed by atoms with Crippen LogP contribution in [0.2, 0.25) is 0 Å². The first kappa shape index (κ1) is 35.6. The van der Waals surface area contributed by atoms with Crippen LogP contribution in [0.3, 0.4) is 0 Å². The summed E-state index contributed by atoms with van der Waals surface area (Å²) < 4.78 is 0. The summed E-state index contributed by atoms with van der Waals surface area (Å²) in [5, 5.41) is 12.2. The molecule has 0 radical (unpaired) electrons. The maximum atomic E-state index is 10.3. The Bertz CT molecular complexity index is 3060. The molecule has 0 bridgehead atoms. The summed E-state index contributed by atoms with van der Waals surface area (Å²) in [5.41, 5.74) is 8.53. The van der Waals surface area contributed by atoms with Crippen LogP contribution in [0.1, 0.15) is 5.56 Å². The van der Waals surface area contributed by atoms with Crippen LogP contribution in [0.15, 0.2) is 176 Å². The first-order valence-electron chi connectivity index (χ1n) is 19.0. The number of hydrogen-bond acceptors (Lipinski definition) is 11. The molecular weight excluding hydrogens is 743 g/mol. The molecule has 0 atom stereocenters. The molecule has 0 aliphatic rings. The summed E-state index contributed by atoms with van der Waals surface area (Å²) in [5.74, 6) is 2.85. The highest BCUT2D eigenvalue weighted by atomic mass is 15.1. The third kappa shape index (κ3) is 7.19. The van der Waals surface area contributed by atoms with E-state index in [1.54, 1.807) is 24.8 Å². The summed E-state index contributed by atoms with van der Waals surface area (Å²) in [7, 11) is 0. The number of benzene rings is 4. The molecular formula is C49H29N11. The molecule has 0 saturated heterocycles. The van der Waals surface area contributed by atoms with Crippen molar-refractivity contribution in [2.45, 2.75) is 0 Å². The molecule has 10 rings (SSSR count). The smallest absolute Gasteiger partial charge is 0.182 e. The largest absolute Gasteiger partial charge is 0.253 e. The Labute approximate surface area is 344 Å². The van der Waals surface area contributed by atoms with Crippen molar-refractivity contribution < 1.29 is 0 Å². The van der Waals surface area contributed by atoms with Gasteiger partial charge in [0.05, 0.1) is 11.6 Å². The Morgan fingerprint density at radius 1 is 0.317 bits per heavy atom. The highest BCUT2D eigenvalue weighted by Gasteiger charge is 2.16. The Morgan fingerprint density at radius 3 is 1.10 bits per heavy atom. The highest BCUT2D eigenvalue weighted by Crippen LogP contribution is 2.34. The van der Waals surface area contributed by atoms with Crippen LogP contribution >= 0.6 is 0 Å². The predicted molar refractivity (Wildman–Crippen MR) is 230 cm³/mol. The molecule has 0 aliphatic heterocycles. The zero-order valence-corrected chi connectivity index (χ0v) is 31.7. The lowest BCUT2D eigenvalue weighted by Crippen LogP contribution is -2.01. The zero-order valence-electron chi connectivity index (χ0n) is 31.7. The van der Waals surface area contributed by atoms with E-state index >= 15 is 0 Å². The number of aromatic nitrogens is 10. The summed E-state index contributed by atoms with van der Waals surface area (Å²) in [4.78, 5) is 46.5. The van der Waals surface area contributed by atoms with Gasteiger partial charge in [-0.3, -0.25) is 19.9 Å². The fraction of sp³-hybridized carbons (Fsp3) is 0. The van der Waals surface area contributed by atoms with Gasteiger partial charge in [0.1, 0.15) is 22.8 Å². The Hall–Kier alpha value is -8.75. The highest BCUT2D eigenvalue weighted by molar-refractivity contribution is 5.93. The van der Waals surface area contributed by atoms with Crippen molar-refractivity contribution in [1.29, 1.82) is 5.26 Å². The topological polar surface area (TPSA) is 153 Å². The summed E-state index contributed by atoms with van der Waals surface area (Å²) in [6, 6.07) is 51.2. The van der Waals surface area contributed by atoms with Crippen LogP contribution in [0.25, 0.3) is 102 Å². The SMILES string of the molecule is N#Cc1cc2ccc(-c3ccc(-c4nc(-c5ccccn5)nc(-c5ccccn5)n4)cc3)cc2cc1-c1ccc(-c2nc(-c3ccccn3)nc(-c3ccccn3)n2)cc1. The third-order valence-corrected chi connectivity index (χ3v) is 9.87. The van der Waals surface area contributed by atoms with Gasteiger partial charge in [0, 0.05) is 41.5 Å². The van der Waals surface area contributed by atoms with Gasteiger partial charge in [-0.2, -0.15) is 5.26 Å². The fourth-order valence-corrected chi connectivity index (χ4v) is 6.87. The van der Waals surface area contributed by atoms with Crippen LogP contribution in [-0.2, 0) is 0 Å². The van der Waals surface area contributed by atoms with Crippen molar-refractivity contribution in [3.05, 3.63) is 182 Å². The molecule has 6 aromatic heterocycles. The standard InChI is InChI=1S/C49H29N11/c50-30-38-28-36-22-21-35(31-13-17-33(18-14-31)44-55-46(40-9-1-5-23-51-40)59-47(56-44)41-10-2-6-24-52-41)27-37(36)29-39(38)32-15-19-34(20-16-32)45-57-48(42-11-3-7-25-53-42)60-49(58-45)43-12-4-8-26-54-43/h1-29H. The maximum Gasteiger partial charge on any atom is 0.182 e. The minimum absolute atomic E-state index is 0.451. The zero-order chi connectivity index (χ0) is 40.3. The molecule has 0 saturated carbocycles. The molecule has 0 unspecified atom stereocenters. The van der Waals surface area contributed by atoms with Crippen LogP contribution in [0, 0.1) is 11.3 Å². The number of rotatable bonds is 8. The van der Waals surface area contributed by atoms with E-state index in [0.29, 0.717) is 63.3 Å². The molecule has 0 spiro atoms. The third-order valence-electron chi connectivity index (χ3n) is 9.87. The first-order valence-corrected chi connectivity index (χ1v) is 19.0. The van der Waals surface area contributed by atoms with E-state index in [2.05, 4.69) is 62.4 Å². The average molecular weight is 772 g/mol. The minimum atomic E-state index is 0.451. The van der Waals surface area contributed by atoms with Crippen molar-refractivity contribution in [3.63, 3.8) is 0 Å². The summed E-state index contributed by atoms with van der Waals surface area (Å²) >= 11 is 0. The van der Waals surface area contributed by atoms with E-state index in [9.17, 15) is 5.26 Å². The van der Waals surface area contributed by atoms with Crippen molar-refractivity contribution >= 4 is 10.8 Å². The Balaban J connectivity index is 0.970. The normalized spacial score (nSPS) is 11.0. The second kappa shape index (κ2) is 15.7. The van der Waals surface area contributed by atoms with Crippen molar-refractivity contribution in [2.75, 3.05) is 0 Å². The van der Waals surface area contributed by atoms with E-state index in [0.717, 1.165) is 44.2 Å². The molecule has 280 valence electrons. The van der Waals surface area contributed by atoms with E-state index in [1.165, 1.54) is 0 Å². The van der Waals surface area contributed by atoms with Gasteiger partial charge in [0.25, 0.3) is 0 Å². The lowest BCUT2D eigenvalue weighted by molar-refractivity contribution is 1.05. The maximum absolute atomic E-state index is 10.3. The number of nitriles is 1. The van der Waals surface area contributed by atoms with Gasteiger partial charge in [-0.05, 0) is 94.2 Å². The van der Waals surface area contributed by atoms with Gasteiger partial charge in [-0.1, -0.05) is 84.9 Å². The number of nitrogens with zero attached hydrogens (tertiary/aromatic N) is 11. The Morgan fingerprint density at radius 2 is 0.700 bits per heavy atom. The summed E-state index contributed by atoms with van der Waals surface area (Å²) in [6.07, 6.45) is 6.86. The van der Waals surface area contributed by atoms with Crippen molar-refractivity contribution in [2.24, 2.45) is 0 Å². The molecule has 11 nitrogen and oxygen atoms in total. The molecule has 4 aromatic carbocycles. The molecule has 0 amide bonds.